The van der Waals surface area contributed by atoms with Gasteiger partial charge in [-0.25, -0.2) is 0 Å². The number of benzene rings is 2. The van der Waals surface area contributed by atoms with Crippen LogP contribution in [-0.2, 0) is 9.47 Å². The molecule has 2 nitrogen and oxygen atoms in total. The van der Waals surface area contributed by atoms with E-state index in [9.17, 15) is 0 Å². The predicted molar refractivity (Wildman–Crippen MR) is 66.5 cm³/mol. The highest BCUT2D eigenvalue weighted by Crippen LogP contribution is 2.32. The van der Waals surface area contributed by atoms with E-state index >= 15 is 0 Å². The second-order valence-electron chi connectivity index (χ2n) is 4.03. The van der Waals surface area contributed by atoms with Crippen molar-refractivity contribution in [3.63, 3.8) is 0 Å². The standard InChI is InChI=1S/C15H14O2/c1-2-6-12(7-3-1)13-8-4-5-9-14(13)15-16-10-11-17-15/h1-9,15H,10-11H2. The van der Waals surface area contributed by atoms with Gasteiger partial charge in [-0.3, -0.25) is 0 Å². The van der Waals surface area contributed by atoms with Gasteiger partial charge < -0.3 is 9.47 Å². The molecule has 0 amide bonds. The van der Waals surface area contributed by atoms with E-state index in [-0.39, 0.29) is 6.29 Å². The topological polar surface area (TPSA) is 18.5 Å². The van der Waals surface area contributed by atoms with Gasteiger partial charge in [0, 0.05) is 5.56 Å². The fourth-order valence-electron chi connectivity index (χ4n) is 2.12. The lowest BCUT2D eigenvalue weighted by atomic mass is 9.99. The monoisotopic (exact) mass is 226 g/mol. The lowest BCUT2D eigenvalue weighted by molar-refractivity contribution is -0.0436. The van der Waals surface area contributed by atoms with Gasteiger partial charge in [-0.1, -0.05) is 54.6 Å². The number of rotatable bonds is 2. The molecule has 2 aromatic rings. The van der Waals surface area contributed by atoms with Crippen molar-refractivity contribution in [1.82, 2.24) is 0 Å². The molecule has 0 unspecified atom stereocenters. The number of hydrogen-bond donors (Lipinski definition) is 0. The van der Waals surface area contributed by atoms with Crippen LogP contribution in [0, 0.1) is 0 Å². The zero-order chi connectivity index (χ0) is 11.5. The molecular formula is C15H14O2. The highest BCUT2D eigenvalue weighted by atomic mass is 16.7. The van der Waals surface area contributed by atoms with Gasteiger partial charge in [0.15, 0.2) is 6.29 Å². The van der Waals surface area contributed by atoms with Crippen molar-refractivity contribution >= 4 is 0 Å². The quantitative estimate of drug-likeness (QED) is 0.781. The van der Waals surface area contributed by atoms with Crippen LogP contribution in [0.1, 0.15) is 11.9 Å². The van der Waals surface area contributed by atoms with Crippen LogP contribution in [-0.4, -0.2) is 13.2 Å². The van der Waals surface area contributed by atoms with Crippen LogP contribution in [0.5, 0.6) is 0 Å². The van der Waals surface area contributed by atoms with Gasteiger partial charge in [0.05, 0.1) is 13.2 Å². The van der Waals surface area contributed by atoms with Gasteiger partial charge in [0.25, 0.3) is 0 Å². The molecule has 2 heteroatoms. The molecule has 0 N–H and O–H groups in total. The third-order valence-corrected chi connectivity index (χ3v) is 2.92. The molecule has 0 radical (unpaired) electrons. The molecule has 1 aliphatic rings. The van der Waals surface area contributed by atoms with Gasteiger partial charge in [-0.2, -0.15) is 0 Å². The van der Waals surface area contributed by atoms with Crippen molar-refractivity contribution in [1.29, 1.82) is 0 Å². The van der Waals surface area contributed by atoms with E-state index in [4.69, 9.17) is 9.47 Å². The third-order valence-electron chi connectivity index (χ3n) is 2.92. The van der Waals surface area contributed by atoms with Crippen LogP contribution in [0.15, 0.2) is 54.6 Å². The Morgan fingerprint density at radius 1 is 0.765 bits per heavy atom. The number of ether oxygens (including phenoxy) is 2. The highest BCUT2D eigenvalue weighted by molar-refractivity contribution is 5.67. The van der Waals surface area contributed by atoms with Gasteiger partial charge in [0.2, 0.25) is 0 Å². The zero-order valence-electron chi connectivity index (χ0n) is 9.50. The predicted octanol–water partition coefficient (Wildman–Crippen LogP) is 3.40. The largest absolute Gasteiger partial charge is 0.346 e. The summed E-state index contributed by atoms with van der Waals surface area (Å²) in [5, 5.41) is 0. The molecular weight excluding hydrogens is 212 g/mol. The van der Waals surface area contributed by atoms with Crippen LogP contribution in [0.4, 0.5) is 0 Å². The second-order valence-corrected chi connectivity index (χ2v) is 4.03. The summed E-state index contributed by atoms with van der Waals surface area (Å²) in [4.78, 5) is 0. The van der Waals surface area contributed by atoms with Crippen LogP contribution in [0.25, 0.3) is 11.1 Å². The van der Waals surface area contributed by atoms with Crippen molar-refractivity contribution in [3.05, 3.63) is 60.2 Å². The van der Waals surface area contributed by atoms with Crippen LogP contribution >= 0.6 is 0 Å². The average Bonchev–Trinajstić information content (AvgIpc) is 2.94. The Kier molecular flexibility index (Phi) is 2.90. The summed E-state index contributed by atoms with van der Waals surface area (Å²) < 4.78 is 11.2. The van der Waals surface area contributed by atoms with Gasteiger partial charge in [-0.05, 0) is 11.1 Å². The molecule has 0 spiro atoms. The molecule has 0 saturated carbocycles. The Bertz CT molecular complexity index is 487. The Morgan fingerprint density at radius 2 is 1.41 bits per heavy atom. The van der Waals surface area contributed by atoms with E-state index in [1.165, 1.54) is 11.1 Å². The van der Waals surface area contributed by atoms with Crippen LogP contribution in [0.3, 0.4) is 0 Å². The maximum absolute atomic E-state index is 5.58. The van der Waals surface area contributed by atoms with Gasteiger partial charge in [0.1, 0.15) is 0 Å². The zero-order valence-corrected chi connectivity index (χ0v) is 9.50. The molecule has 0 atom stereocenters. The van der Waals surface area contributed by atoms with E-state index < -0.39 is 0 Å². The molecule has 0 aromatic heterocycles. The van der Waals surface area contributed by atoms with E-state index in [1.54, 1.807) is 0 Å². The minimum absolute atomic E-state index is 0.216. The lowest BCUT2D eigenvalue weighted by Gasteiger charge is -2.14. The first-order valence-electron chi connectivity index (χ1n) is 5.83. The fraction of sp³-hybridized carbons (Fsp3) is 0.200. The van der Waals surface area contributed by atoms with Crippen LogP contribution in [0.2, 0.25) is 0 Å². The molecule has 1 aliphatic heterocycles. The maximum Gasteiger partial charge on any atom is 0.184 e. The Labute approximate surface area is 101 Å². The van der Waals surface area contributed by atoms with Crippen LogP contribution < -0.4 is 0 Å². The van der Waals surface area contributed by atoms with E-state index in [0.29, 0.717) is 13.2 Å². The van der Waals surface area contributed by atoms with Crippen molar-refractivity contribution in [2.45, 2.75) is 6.29 Å². The van der Waals surface area contributed by atoms with E-state index in [0.717, 1.165) is 5.56 Å². The first-order chi connectivity index (χ1) is 8.45. The van der Waals surface area contributed by atoms with Crippen molar-refractivity contribution in [2.75, 3.05) is 13.2 Å². The SMILES string of the molecule is c1ccc(-c2ccccc2C2OCCO2)cc1. The highest BCUT2D eigenvalue weighted by Gasteiger charge is 2.21. The first kappa shape index (κ1) is 10.5. The summed E-state index contributed by atoms with van der Waals surface area (Å²) in [7, 11) is 0. The third kappa shape index (κ3) is 2.09. The Morgan fingerprint density at radius 3 is 2.18 bits per heavy atom. The number of hydrogen-bond acceptors (Lipinski definition) is 2. The van der Waals surface area contributed by atoms with Crippen molar-refractivity contribution in [3.8, 4) is 11.1 Å². The molecule has 1 fully saturated rings. The summed E-state index contributed by atoms with van der Waals surface area (Å²) in [6, 6.07) is 18.6. The second kappa shape index (κ2) is 4.70. The molecule has 3 rings (SSSR count). The summed E-state index contributed by atoms with van der Waals surface area (Å²) in [6.07, 6.45) is -0.216. The normalized spacial score (nSPS) is 16.2. The summed E-state index contributed by atoms with van der Waals surface area (Å²) >= 11 is 0. The molecule has 17 heavy (non-hydrogen) atoms. The van der Waals surface area contributed by atoms with Gasteiger partial charge >= 0.3 is 0 Å². The van der Waals surface area contributed by atoms with E-state index in [2.05, 4.69) is 24.3 Å². The maximum atomic E-state index is 5.58. The minimum atomic E-state index is -0.216. The Hall–Kier alpha value is -1.64. The molecule has 1 saturated heterocycles. The lowest BCUT2D eigenvalue weighted by Crippen LogP contribution is -2.00. The van der Waals surface area contributed by atoms with Crippen molar-refractivity contribution in [2.24, 2.45) is 0 Å². The molecule has 2 aromatic carbocycles. The van der Waals surface area contributed by atoms with Gasteiger partial charge in [-0.15, -0.1) is 0 Å². The smallest absolute Gasteiger partial charge is 0.184 e. The summed E-state index contributed by atoms with van der Waals surface area (Å²) in [6.45, 7) is 1.35. The molecule has 0 bridgehead atoms. The first-order valence-corrected chi connectivity index (χ1v) is 5.83. The summed E-state index contributed by atoms with van der Waals surface area (Å²) in [5.41, 5.74) is 3.48. The molecule has 86 valence electrons. The summed E-state index contributed by atoms with van der Waals surface area (Å²) in [5.74, 6) is 0. The molecule has 1 heterocycles. The Balaban J connectivity index is 2.04. The average molecular weight is 226 g/mol. The van der Waals surface area contributed by atoms with E-state index in [1.807, 2.05) is 30.3 Å². The minimum Gasteiger partial charge on any atom is -0.346 e. The van der Waals surface area contributed by atoms with Crippen molar-refractivity contribution < 1.29 is 9.47 Å². The molecule has 0 aliphatic carbocycles. The fourth-order valence-corrected chi connectivity index (χ4v) is 2.12.